The average Bonchev–Trinajstić information content (AvgIpc) is 2.29. The maximum atomic E-state index is 8.61. The van der Waals surface area contributed by atoms with E-state index in [0.29, 0.717) is 19.3 Å². The molecule has 0 aromatic rings. The van der Waals surface area contributed by atoms with E-state index in [1.807, 2.05) is 0 Å². The van der Waals surface area contributed by atoms with Gasteiger partial charge in [-0.2, -0.15) is 0 Å². The van der Waals surface area contributed by atoms with E-state index in [1.165, 1.54) is 0 Å². The van der Waals surface area contributed by atoms with Crippen LogP contribution in [-0.2, 0) is 0 Å². The van der Waals surface area contributed by atoms with Crippen LogP contribution in [-0.4, -0.2) is 80.4 Å². The molecule has 0 heterocycles. The van der Waals surface area contributed by atoms with E-state index in [2.05, 4.69) is 0 Å². The summed E-state index contributed by atoms with van der Waals surface area (Å²) in [4.78, 5) is 0. The SMILES string of the molecule is NC(CCO)(CCO)CCO.NCC(O)C(O)O.O. The molecular weight excluding hydrogens is 260 g/mol. The number of nitrogens with two attached hydrogens (primary N) is 2. The lowest BCUT2D eigenvalue weighted by molar-refractivity contribution is -0.117. The predicted octanol–water partition coefficient (Wildman–Crippen LogP) is -4.38. The zero-order valence-corrected chi connectivity index (χ0v) is 10.9. The monoisotopic (exact) mass is 288 g/mol. The second kappa shape index (κ2) is 14.1. The standard InChI is InChI=1S/C7H17NO3.C3H9NO3.H2O/c8-7(1-4-9,2-5-10)3-6-11;4-1-2(5)3(6)7;/h9-11H,1-6,8H2;2-3,5-7H,1,4H2;1H2. The number of hydrogen-bond acceptors (Lipinski definition) is 8. The highest BCUT2D eigenvalue weighted by Gasteiger charge is 2.22. The summed E-state index contributed by atoms with van der Waals surface area (Å²) >= 11 is 0. The third-order valence-electron chi connectivity index (χ3n) is 2.41. The van der Waals surface area contributed by atoms with Gasteiger partial charge in [0.25, 0.3) is 0 Å². The molecule has 1 atom stereocenters. The van der Waals surface area contributed by atoms with Gasteiger partial charge in [-0.05, 0) is 19.3 Å². The molecule has 120 valence electrons. The second-order valence-corrected chi connectivity index (χ2v) is 4.00. The highest BCUT2D eigenvalue weighted by atomic mass is 16.5. The first-order chi connectivity index (χ1) is 8.36. The van der Waals surface area contributed by atoms with Gasteiger partial charge in [-0.1, -0.05) is 0 Å². The molecule has 0 aromatic heterocycles. The van der Waals surface area contributed by atoms with Gasteiger partial charge in [0.05, 0.1) is 0 Å². The summed E-state index contributed by atoms with van der Waals surface area (Å²) in [5.74, 6) is 0. The summed E-state index contributed by atoms with van der Waals surface area (Å²) in [5, 5.41) is 50.2. The number of aliphatic hydroxyl groups excluding tert-OH is 5. The van der Waals surface area contributed by atoms with Crippen molar-refractivity contribution in [3.05, 3.63) is 0 Å². The van der Waals surface area contributed by atoms with Crippen LogP contribution < -0.4 is 11.5 Å². The van der Waals surface area contributed by atoms with Gasteiger partial charge in [-0.3, -0.25) is 0 Å². The largest absolute Gasteiger partial charge is 0.412 e. The van der Waals surface area contributed by atoms with Crippen molar-refractivity contribution in [2.24, 2.45) is 11.5 Å². The summed E-state index contributed by atoms with van der Waals surface area (Å²) in [7, 11) is 0. The Morgan fingerprint density at radius 1 is 0.842 bits per heavy atom. The van der Waals surface area contributed by atoms with Crippen molar-refractivity contribution in [3.8, 4) is 0 Å². The smallest absolute Gasteiger partial charge is 0.179 e. The Labute approximate surface area is 112 Å². The van der Waals surface area contributed by atoms with Gasteiger partial charge < -0.3 is 47.6 Å². The molecule has 0 aliphatic heterocycles. The molecule has 9 heteroatoms. The Balaban J connectivity index is -0.000000280. The predicted molar refractivity (Wildman–Crippen MR) is 68.9 cm³/mol. The minimum atomic E-state index is -1.70. The quantitative estimate of drug-likeness (QED) is 0.204. The molecule has 0 aromatic carbocycles. The first-order valence-electron chi connectivity index (χ1n) is 5.72. The third-order valence-corrected chi connectivity index (χ3v) is 2.41. The molecule has 0 amide bonds. The summed E-state index contributed by atoms with van der Waals surface area (Å²) in [6.07, 6.45) is -1.64. The highest BCUT2D eigenvalue weighted by molar-refractivity contribution is 4.82. The Kier molecular flexibility index (Phi) is 17.5. The van der Waals surface area contributed by atoms with E-state index >= 15 is 0 Å². The molecular formula is C10H28N2O7. The molecule has 19 heavy (non-hydrogen) atoms. The van der Waals surface area contributed by atoms with Crippen molar-refractivity contribution >= 4 is 0 Å². The lowest BCUT2D eigenvalue weighted by atomic mass is 9.90. The molecule has 9 nitrogen and oxygen atoms in total. The van der Waals surface area contributed by atoms with Crippen LogP contribution >= 0.6 is 0 Å². The zero-order valence-electron chi connectivity index (χ0n) is 10.9. The van der Waals surface area contributed by atoms with Gasteiger partial charge >= 0.3 is 0 Å². The number of aliphatic hydroxyl groups is 6. The van der Waals surface area contributed by atoms with Crippen molar-refractivity contribution in [1.82, 2.24) is 0 Å². The van der Waals surface area contributed by atoms with Gasteiger partial charge in [0.2, 0.25) is 0 Å². The minimum Gasteiger partial charge on any atom is -0.412 e. The Morgan fingerprint density at radius 3 is 1.26 bits per heavy atom. The van der Waals surface area contributed by atoms with Crippen LogP contribution in [0.15, 0.2) is 0 Å². The lowest BCUT2D eigenvalue weighted by Gasteiger charge is -2.26. The van der Waals surface area contributed by atoms with E-state index < -0.39 is 17.9 Å². The molecule has 0 rings (SSSR count). The van der Waals surface area contributed by atoms with Gasteiger partial charge in [0.15, 0.2) is 6.29 Å². The number of rotatable bonds is 8. The van der Waals surface area contributed by atoms with Gasteiger partial charge in [0.1, 0.15) is 6.10 Å². The maximum absolute atomic E-state index is 8.61. The normalized spacial score (nSPS) is 12.5. The Bertz CT molecular complexity index is 166. The Hall–Kier alpha value is -0.360. The lowest BCUT2D eigenvalue weighted by Crippen LogP contribution is -2.42. The topological polar surface area (TPSA) is 205 Å². The first-order valence-corrected chi connectivity index (χ1v) is 5.72. The minimum absolute atomic E-state index is 0. The molecule has 0 fully saturated rings. The fraction of sp³-hybridized carbons (Fsp3) is 1.00. The van der Waals surface area contributed by atoms with E-state index in [4.69, 9.17) is 42.1 Å². The fourth-order valence-electron chi connectivity index (χ4n) is 1.16. The molecule has 12 N–H and O–H groups in total. The molecule has 0 aliphatic carbocycles. The van der Waals surface area contributed by atoms with Crippen molar-refractivity contribution in [3.63, 3.8) is 0 Å². The summed E-state index contributed by atoms with van der Waals surface area (Å²) in [5.41, 5.74) is 9.95. The van der Waals surface area contributed by atoms with Crippen LogP contribution in [0.4, 0.5) is 0 Å². The van der Waals surface area contributed by atoms with Crippen LogP contribution in [0.3, 0.4) is 0 Å². The molecule has 0 aliphatic rings. The van der Waals surface area contributed by atoms with Crippen molar-refractivity contribution in [2.45, 2.75) is 37.2 Å². The Morgan fingerprint density at radius 2 is 1.16 bits per heavy atom. The molecule has 0 bridgehead atoms. The highest BCUT2D eigenvalue weighted by Crippen LogP contribution is 2.15. The fourth-order valence-corrected chi connectivity index (χ4v) is 1.16. The van der Waals surface area contributed by atoms with Crippen LogP contribution in [0.2, 0.25) is 0 Å². The summed E-state index contributed by atoms with van der Waals surface area (Å²) < 4.78 is 0. The summed E-state index contributed by atoms with van der Waals surface area (Å²) in [6, 6.07) is 0. The second-order valence-electron chi connectivity index (χ2n) is 4.00. The van der Waals surface area contributed by atoms with Crippen LogP contribution in [0.5, 0.6) is 0 Å². The van der Waals surface area contributed by atoms with Crippen LogP contribution in [0.1, 0.15) is 19.3 Å². The van der Waals surface area contributed by atoms with Crippen LogP contribution in [0, 0.1) is 0 Å². The van der Waals surface area contributed by atoms with Crippen molar-refractivity contribution in [2.75, 3.05) is 26.4 Å². The van der Waals surface area contributed by atoms with Crippen molar-refractivity contribution < 1.29 is 36.1 Å². The van der Waals surface area contributed by atoms with E-state index in [9.17, 15) is 0 Å². The molecule has 1 unspecified atom stereocenters. The van der Waals surface area contributed by atoms with E-state index in [0.717, 1.165) is 0 Å². The molecule has 0 spiro atoms. The van der Waals surface area contributed by atoms with Crippen molar-refractivity contribution in [1.29, 1.82) is 0 Å². The number of hydrogen-bond donors (Lipinski definition) is 8. The van der Waals surface area contributed by atoms with Gasteiger partial charge in [-0.15, -0.1) is 0 Å². The maximum Gasteiger partial charge on any atom is 0.179 e. The average molecular weight is 288 g/mol. The summed E-state index contributed by atoms with van der Waals surface area (Å²) in [6.45, 7) is -0.138. The van der Waals surface area contributed by atoms with Gasteiger partial charge in [0, 0.05) is 31.9 Å². The molecule has 0 saturated carbocycles. The van der Waals surface area contributed by atoms with E-state index in [-0.39, 0.29) is 31.8 Å². The van der Waals surface area contributed by atoms with Crippen LogP contribution in [0.25, 0.3) is 0 Å². The first kappa shape index (κ1) is 23.7. The molecule has 0 saturated heterocycles. The van der Waals surface area contributed by atoms with E-state index in [1.54, 1.807) is 0 Å². The van der Waals surface area contributed by atoms with Gasteiger partial charge in [-0.25, -0.2) is 0 Å². The molecule has 0 radical (unpaired) electrons. The zero-order chi connectivity index (χ0) is 14.6. The third kappa shape index (κ3) is 13.9.